The summed E-state index contributed by atoms with van der Waals surface area (Å²) >= 11 is 1.44. The van der Waals surface area contributed by atoms with Crippen molar-refractivity contribution in [1.29, 1.82) is 0 Å². The first-order valence-electron chi connectivity index (χ1n) is 7.14. The Bertz CT molecular complexity index is 573. The van der Waals surface area contributed by atoms with Gasteiger partial charge in [-0.1, -0.05) is 0 Å². The number of nitrogens with zero attached hydrogens (tertiary/aromatic N) is 3. The number of hydrogen-bond donors (Lipinski definition) is 1. The molecule has 1 aliphatic heterocycles. The molecule has 1 N–H and O–H groups in total. The van der Waals surface area contributed by atoms with Crippen LogP contribution in [-0.2, 0) is 0 Å². The van der Waals surface area contributed by atoms with Crippen LogP contribution in [0.1, 0.15) is 23.3 Å². The van der Waals surface area contributed by atoms with Gasteiger partial charge in [-0.05, 0) is 30.9 Å². The summed E-state index contributed by atoms with van der Waals surface area (Å²) in [6, 6.07) is 4.08. The van der Waals surface area contributed by atoms with Crippen molar-refractivity contribution < 1.29 is 4.79 Å². The van der Waals surface area contributed by atoms with Crippen LogP contribution in [0.15, 0.2) is 35.4 Å². The molecule has 1 aliphatic rings. The molecule has 1 saturated heterocycles. The van der Waals surface area contributed by atoms with Crippen molar-refractivity contribution in [1.82, 2.24) is 15.3 Å². The van der Waals surface area contributed by atoms with Gasteiger partial charge in [0.05, 0.1) is 5.51 Å². The minimum absolute atomic E-state index is 0.0720. The number of carbonyl (C=O) groups is 1. The molecule has 0 radical (unpaired) electrons. The van der Waals surface area contributed by atoms with Crippen molar-refractivity contribution >= 4 is 22.9 Å². The van der Waals surface area contributed by atoms with E-state index in [2.05, 4.69) is 20.2 Å². The van der Waals surface area contributed by atoms with Crippen molar-refractivity contribution in [3.05, 3.63) is 41.1 Å². The third kappa shape index (κ3) is 3.58. The molecule has 1 unspecified atom stereocenters. The molecular weight excluding hydrogens is 284 g/mol. The number of hydrogen-bond acceptors (Lipinski definition) is 5. The highest BCUT2D eigenvalue weighted by Gasteiger charge is 2.21. The van der Waals surface area contributed by atoms with Crippen LogP contribution in [0.4, 0.5) is 5.69 Å². The molecule has 1 amide bonds. The first-order valence-corrected chi connectivity index (χ1v) is 8.08. The number of piperidine rings is 1. The van der Waals surface area contributed by atoms with E-state index in [9.17, 15) is 4.79 Å². The molecule has 3 rings (SSSR count). The molecule has 2 aromatic rings. The first kappa shape index (κ1) is 14.0. The molecule has 2 aromatic heterocycles. The Labute approximate surface area is 128 Å². The van der Waals surface area contributed by atoms with Gasteiger partial charge in [-0.15, -0.1) is 11.3 Å². The molecule has 0 aromatic carbocycles. The molecule has 0 bridgehead atoms. The highest BCUT2D eigenvalue weighted by molar-refractivity contribution is 7.07. The molecule has 6 heteroatoms. The van der Waals surface area contributed by atoms with E-state index in [-0.39, 0.29) is 5.91 Å². The van der Waals surface area contributed by atoms with Gasteiger partial charge in [0, 0.05) is 43.1 Å². The fourth-order valence-electron chi connectivity index (χ4n) is 2.67. The Hall–Kier alpha value is -1.95. The zero-order valence-electron chi connectivity index (χ0n) is 11.7. The predicted octanol–water partition coefficient (Wildman–Crippen LogP) is 2.18. The monoisotopic (exact) mass is 302 g/mol. The van der Waals surface area contributed by atoms with Crippen molar-refractivity contribution in [3.8, 4) is 0 Å². The van der Waals surface area contributed by atoms with Gasteiger partial charge in [0.25, 0.3) is 5.91 Å². The zero-order chi connectivity index (χ0) is 14.5. The van der Waals surface area contributed by atoms with Crippen molar-refractivity contribution in [3.63, 3.8) is 0 Å². The fraction of sp³-hybridized carbons (Fsp3) is 0.400. The quantitative estimate of drug-likeness (QED) is 0.940. The van der Waals surface area contributed by atoms with Crippen LogP contribution in [0.2, 0.25) is 0 Å². The average Bonchev–Trinajstić information content (AvgIpc) is 3.08. The summed E-state index contributed by atoms with van der Waals surface area (Å²) < 4.78 is 0. The van der Waals surface area contributed by atoms with Crippen LogP contribution in [-0.4, -0.2) is 35.5 Å². The number of amides is 1. The lowest BCUT2D eigenvalue weighted by molar-refractivity contribution is 0.0941. The smallest absolute Gasteiger partial charge is 0.270 e. The van der Waals surface area contributed by atoms with Crippen LogP contribution in [0.5, 0.6) is 0 Å². The minimum atomic E-state index is -0.0720. The van der Waals surface area contributed by atoms with Crippen LogP contribution in [0, 0.1) is 5.92 Å². The summed E-state index contributed by atoms with van der Waals surface area (Å²) in [5, 5.41) is 4.77. The Morgan fingerprint density at radius 3 is 3.05 bits per heavy atom. The maximum Gasteiger partial charge on any atom is 0.270 e. The average molecular weight is 302 g/mol. The second-order valence-electron chi connectivity index (χ2n) is 5.24. The van der Waals surface area contributed by atoms with Crippen LogP contribution in [0.3, 0.4) is 0 Å². The van der Waals surface area contributed by atoms with Crippen LogP contribution < -0.4 is 10.2 Å². The van der Waals surface area contributed by atoms with E-state index >= 15 is 0 Å². The van der Waals surface area contributed by atoms with Crippen LogP contribution in [0.25, 0.3) is 0 Å². The molecule has 0 aliphatic carbocycles. The highest BCUT2D eigenvalue weighted by Crippen LogP contribution is 2.22. The van der Waals surface area contributed by atoms with Crippen molar-refractivity contribution in [2.45, 2.75) is 12.8 Å². The van der Waals surface area contributed by atoms with Gasteiger partial charge in [0.2, 0.25) is 0 Å². The molecule has 0 spiro atoms. The van der Waals surface area contributed by atoms with E-state index in [0.717, 1.165) is 25.9 Å². The zero-order valence-corrected chi connectivity index (χ0v) is 12.6. The van der Waals surface area contributed by atoms with E-state index in [1.807, 2.05) is 24.5 Å². The topological polar surface area (TPSA) is 58.1 Å². The van der Waals surface area contributed by atoms with Gasteiger partial charge >= 0.3 is 0 Å². The largest absolute Gasteiger partial charge is 0.371 e. The molecule has 0 saturated carbocycles. The number of rotatable bonds is 4. The number of anilines is 1. The minimum Gasteiger partial charge on any atom is -0.371 e. The summed E-state index contributed by atoms with van der Waals surface area (Å²) in [7, 11) is 0. The van der Waals surface area contributed by atoms with Gasteiger partial charge in [-0.25, -0.2) is 4.98 Å². The van der Waals surface area contributed by atoms with Gasteiger partial charge in [-0.2, -0.15) is 0 Å². The Morgan fingerprint density at radius 1 is 1.43 bits per heavy atom. The molecule has 110 valence electrons. The van der Waals surface area contributed by atoms with E-state index in [1.165, 1.54) is 17.0 Å². The van der Waals surface area contributed by atoms with E-state index in [4.69, 9.17) is 0 Å². The third-order valence-electron chi connectivity index (χ3n) is 3.76. The van der Waals surface area contributed by atoms with Gasteiger partial charge < -0.3 is 10.2 Å². The standard InChI is InChI=1S/C15H18N4OS/c20-15(14-10-21-11-18-14)17-8-12-2-1-7-19(9-12)13-3-5-16-6-4-13/h3-6,10-12H,1-2,7-9H2,(H,17,20). The fourth-order valence-corrected chi connectivity index (χ4v) is 3.21. The second-order valence-corrected chi connectivity index (χ2v) is 5.96. The first-order chi connectivity index (χ1) is 10.3. The maximum atomic E-state index is 11.9. The third-order valence-corrected chi connectivity index (χ3v) is 4.35. The summed E-state index contributed by atoms with van der Waals surface area (Å²) in [6.45, 7) is 2.75. The maximum absolute atomic E-state index is 11.9. The lowest BCUT2D eigenvalue weighted by atomic mass is 9.97. The van der Waals surface area contributed by atoms with Crippen molar-refractivity contribution in [2.75, 3.05) is 24.5 Å². The number of thiazole rings is 1. The molecule has 1 fully saturated rings. The predicted molar refractivity (Wildman–Crippen MR) is 83.6 cm³/mol. The second kappa shape index (κ2) is 6.67. The van der Waals surface area contributed by atoms with Crippen LogP contribution >= 0.6 is 11.3 Å². The highest BCUT2D eigenvalue weighted by atomic mass is 32.1. The Kier molecular flexibility index (Phi) is 4.45. The van der Waals surface area contributed by atoms with Gasteiger partial charge in [0.1, 0.15) is 5.69 Å². The lowest BCUT2D eigenvalue weighted by Gasteiger charge is -2.34. The molecule has 1 atom stereocenters. The normalized spacial score (nSPS) is 18.5. The number of aromatic nitrogens is 2. The SMILES string of the molecule is O=C(NCC1CCCN(c2ccncc2)C1)c1cscn1. The molecule has 5 nitrogen and oxygen atoms in total. The van der Waals surface area contributed by atoms with Gasteiger partial charge in [0.15, 0.2) is 0 Å². The molecule has 3 heterocycles. The van der Waals surface area contributed by atoms with E-state index < -0.39 is 0 Å². The summed E-state index contributed by atoms with van der Waals surface area (Å²) in [5.41, 5.74) is 3.41. The Morgan fingerprint density at radius 2 is 2.29 bits per heavy atom. The summed E-state index contributed by atoms with van der Waals surface area (Å²) in [4.78, 5) is 22.4. The van der Waals surface area contributed by atoms with Gasteiger partial charge in [-0.3, -0.25) is 9.78 Å². The summed E-state index contributed by atoms with van der Waals surface area (Å²) in [5.74, 6) is 0.409. The number of carbonyl (C=O) groups excluding carboxylic acids is 1. The lowest BCUT2D eigenvalue weighted by Crippen LogP contribution is -2.41. The van der Waals surface area contributed by atoms with E-state index in [1.54, 1.807) is 10.9 Å². The van der Waals surface area contributed by atoms with E-state index in [0.29, 0.717) is 18.2 Å². The summed E-state index contributed by atoms with van der Waals surface area (Å²) in [6.07, 6.45) is 5.95. The molecular formula is C15H18N4OS. The van der Waals surface area contributed by atoms with Crippen molar-refractivity contribution in [2.24, 2.45) is 5.92 Å². The Balaban J connectivity index is 1.53. The number of nitrogens with one attached hydrogen (secondary N) is 1. The number of pyridine rings is 1. The molecule has 21 heavy (non-hydrogen) atoms.